The molecule has 0 spiro atoms. The van der Waals surface area contributed by atoms with E-state index in [1.807, 2.05) is 50.4 Å². The van der Waals surface area contributed by atoms with Crippen LogP contribution in [0.25, 0.3) is 10.4 Å². The third kappa shape index (κ3) is 4.84. The molecule has 158 valence electrons. The van der Waals surface area contributed by atoms with Crippen LogP contribution in [0.2, 0.25) is 0 Å². The summed E-state index contributed by atoms with van der Waals surface area (Å²) in [6.07, 6.45) is 0.707. The number of nitrogen functional groups attached to an aromatic ring is 1. The molecule has 3 aromatic rings. The van der Waals surface area contributed by atoms with E-state index in [1.165, 1.54) is 0 Å². The van der Waals surface area contributed by atoms with E-state index in [-0.39, 0.29) is 12.1 Å². The molecule has 1 aromatic heterocycles. The first kappa shape index (κ1) is 22.3. The molecule has 0 saturated carbocycles. The van der Waals surface area contributed by atoms with E-state index in [9.17, 15) is 14.3 Å². The van der Waals surface area contributed by atoms with Crippen molar-refractivity contribution in [3.63, 3.8) is 0 Å². The molecule has 0 radical (unpaired) electrons. The lowest BCUT2D eigenvalue weighted by atomic mass is 10.1. The van der Waals surface area contributed by atoms with Gasteiger partial charge in [-0.25, -0.2) is 0 Å². The minimum Gasteiger partial charge on any atom is -0.397 e. The van der Waals surface area contributed by atoms with Gasteiger partial charge in [-0.3, -0.25) is 9.36 Å². The first-order valence-corrected chi connectivity index (χ1v) is 12.5. The summed E-state index contributed by atoms with van der Waals surface area (Å²) in [6, 6.07) is 16.4. The Morgan fingerprint density at radius 3 is 2.47 bits per heavy atom. The smallest absolute Gasteiger partial charge is 0.255 e. The highest BCUT2D eigenvalue weighted by Gasteiger charge is 2.37. The Bertz CT molecular complexity index is 1080. The summed E-state index contributed by atoms with van der Waals surface area (Å²) in [5, 5.41) is 4.22. The zero-order valence-electron chi connectivity index (χ0n) is 17.4. The Kier molecular flexibility index (Phi) is 6.51. The number of amides is 1. The Balaban J connectivity index is 1.74. The number of anilines is 2. The molecule has 0 aliphatic rings. The number of carbonyl (C=O) groups is 1. The molecule has 0 aliphatic carbocycles. The van der Waals surface area contributed by atoms with Crippen molar-refractivity contribution in [2.45, 2.75) is 38.5 Å². The Labute approximate surface area is 181 Å². The van der Waals surface area contributed by atoms with Gasteiger partial charge in [0.1, 0.15) is 0 Å². The van der Waals surface area contributed by atoms with Crippen LogP contribution in [-0.4, -0.2) is 16.0 Å². The second-order valence-electron chi connectivity index (χ2n) is 7.96. The van der Waals surface area contributed by atoms with Crippen LogP contribution in [0.15, 0.2) is 60.0 Å². The average molecular weight is 443 g/mol. The molecular weight excluding hydrogens is 415 g/mol. The van der Waals surface area contributed by atoms with Crippen molar-refractivity contribution in [3.05, 3.63) is 71.1 Å². The van der Waals surface area contributed by atoms with Crippen LogP contribution < -0.4 is 11.1 Å². The van der Waals surface area contributed by atoms with E-state index in [2.05, 4.69) is 5.32 Å². The van der Waals surface area contributed by atoms with E-state index < -0.39 is 12.5 Å². The third-order valence-corrected chi connectivity index (χ3v) is 9.45. The van der Waals surface area contributed by atoms with Crippen LogP contribution >= 0.6 is 18.7 Å². The fourth-order valence-electron chi connectivity index (χ4n) is 2.93. The molecule has 1 heterocycles. The van der Waals surface area contributed by atoms with Crippen molar-refractivity contribution in [1.82, 2.24) is 0 Å². The quantitative estimate of drug-likeness (QED) is 0.300. The van der Waals surface area contributed by atoms with Gasteiger partial charge in [-0.2, -0.15) is 0 Å². The van der Waals surface area contributed by atoms with Crippen molar-refractivity contribution in [2.75, 3.05) is 11.1 Å². The number of hydrogen-bond acceptors (Lipinski definition) is 4. The molecule has 3 rings (SSSR count). The van der Waals surface area contributed by atoms with Gasteiger partial charge in [0.05, 0.1) is 17.5 Å². The van der Waals surface area contributed by atoms with Gasteiger partial charge >= 0.3 is 0 Å². The summed E-state index contributed by atoms with van der Waals surface area (Å²) in [4.78, 5) is 24.3. The van der Waals surface area contributed by atoms with E-state index >= 15 is 0 Å². The number of carbonyl (C=O) groups excluding carboxylic acids is 1. The van der Waals surface area contributed by atoms with E-state index in [0.717, 1.165) is 16.0 Å². The largest absolute Gasteiger partial charge is 0.397 e. The fraction of sp³-hybridized carbons (Fsp3) is 0.261. The molecule has 0 aliphatic heterocycles. The number of thiophene rings is 1. The highest BCUT2D eigenvalue weighted by Crippen LogP contribution is 2.58. The minimum absolute atomic E-state index is 0.0888. The van der Waals surface area contributed by atoms with Crippen molar-refractivity contribution in [3.8, 4) is 10.4 Å². The van der Waals surface area contributed by atoms with Crippen molar-refractivity contribution < 1.29 is 14.3 Å². The summed E-state index contributed by atoms with van der Waals surface area (Å²) in [5.41, 5.74) is 9.27. The molecular formula is C23H27N2O3PS. The zero-order chi connectivity index (χ0) is 21.9. The SMILES string of the molecule is CCC(C)(C)P(=O)(O)Cc1ccc(C(=O)Nc2cc(-c3cccs3)ccc2N)cc1. The number of benzene rings is 2. The van der Waals surface area contributed by atoms with Crippen LogP contribution in [-0.2, 0) is 10.7 Å². The summed E-state index contributed by atoms with van der Waals surface area (Å²) in [5.74, 6) is -0.280. The lowest BCUT2D eigenvalue weighted by Crippen LogP contribution is -2.19. The van der Waals surface area contributed by atoms with Crippen LogP contribution in [0.3, 0.4) is 0 Å². The van der Waals surface area contributed by atoms with E-state index in [4.69, 9.17) is 5.73 Å². The molecule has 30 heavy (non-hydrogen) atoms. The van der Waals surface area contributed by atoms with Gasteiger partial charge in [0.2, 0.25) is 7.37 Å². The number of rotatable bonds is 7. The maximum absolute atomic E-state index is 12.7. The van der Waals surface area contributed by atoms with Gasteiger partial charge in [-0.1, -0.05) is 45.0 Å². The van der Waals surface area contributed by atoms with Gasteiger partial charge in [0, 0.05) is 15.6 Å². The second-order valence-corrected chi connectivity index (χ2v) is 11.8. The standard InChI is InChI=1S/C23H27N2O3PS/c1-4-23(2,3)29(27,28)15-16-7-9-17(10-8-16)22(26)25-20-14-18(11-12-19(20)24)21-6-5-13-30-21/h5-14H,4,15,24H2,1-3H3,(H,25,26)(H,27,28). The molecule has 5 nitrogen and oxygen atoms in total. The number of nitrogens with two attached hydrogens (primary N) is 1. The Morgan fingerprint density at radius 2 is 1.87 bits per heavy atom. The normalized spacial score (nSPS) is 13.6. The lowest BCUT2D eigenvalue weighted by Gasteiger charge is -2.29. The van der Waals surface area contributed by atoms with Crippen molar-refractivity contribution in [1.29, 1.82) is 0 Å². The van der Waals surface area contributed by atoms with Gasteiger partial charge in [-0.05, 0) is 53.3 Å². The van der Waals surface area contributed by atoms with Gasteiger partial charge < -0.3 is 15.9 Å². The van der Waals surface area contributed by atoms with Gasteiger partial charge in [0.25, 0.3) is 5.91 Å². The molecule has 0 bridgehead atoms. The maximum atomic E-state index is 12.7. The van der Waals surface area contributed by atoms with Crippen molar-refractivity contribution >= 4 is 36.0 Å². The van der Waals surface area contributed by atoms with Gasteiger partial charge in [-0.15, -0.1) is 11.3 Å². The summed E-state index contributed by atoms with van der Waals surface area (Å²) >= 11 is 1.62. The second kappa shape index (κ2) is 8.76. The van der Waals surface area contributed by atoms with E-state index in [0.29, 0.717) is 23.4 Å². The average Bonchev–Trinajstić information content (AvgIpc) is 3.24. The lowest BCUT2D eigenvalue weighted by molar-refractivity contribution is 0.102. The van der Waals surface area contributed by atoms with Crippen LogP contribution in [0.4, 0.5) is 11.4 Å². The molecule has 4 N–H and O–H groups in total. The predicted octanol–water partition coefficient (Wildman–Crippen LogP) is 6.21. The summed E-state index contributed by atoms with van der Waals surface area (Å²) in [7, 11) is -3.36. The monoisotopic (exact) mass is 442 g/mol. The molecule has 1 amide bonds. The first-order chi connectivity index (χ1) is 14.1. The van der Waals surface area contributed by atoms with E-state index in [1.54, 1.807) is 41.7 Å². The minimum atomic E-state index is -3.36. The topological polar surface area (TPSA) is 92.4 Å². The molecule has 7 heteroatoms. The van der Waals surface area contributed by atoms with Crippen LogP contribution in [0, 0.1) is 0 Å². The zero-order valence-corrected chi connectivity index (χ0v) is 19.1. The molecule has 0 saturated heterocycles. The third-order valence-electron chi connectivity index (χ3n) is 5.53. The van der Waals surface area contributed by atoms with Gasteiger partial charge in [0.15, 0.2) is 0 Å². The highest BCUT2D eigenvalue weighted by atomic mass is 32.1. The summed E-state index contributed by atoms with van der Waals surface area (Å²) < 4.78 is 12.7. The van der Waals surface area contributed by atoms with Crippen molar-refractivity contribution in [2.24, 2.45) is 0 Å². The molecule has 1 unspecified atom stereocenters. The number of nitrogens with one attached hydrogen (secondary N) is 1. The number of hydrogen-bond donors (Lipinski definition) is 3. The predicted molar refractivity (Wildman–Crippen MR) is 126 cm³/mol. The summed E-state index contributed by atoms with van der Waals surface area (Å²) in [6.45, 7) is 5.53. The highest BCUT2D eigenvalue weighted by molar-refractivity contribution is 7.58. The Hall–Kier alpha value is -2.40. The van der Waals surface area contributed by atoms with Crippen LogP contribution in [0.5, 0.6) is 0 Å². The molecule has 1 atom stereocenters. The first-order valence-electron chi connectivity index (χ1n) is 9.78. The maximum Gasteiger partial charge on any atom is 0.255 e. The molecule has 0 fully saturated rings. The Morgan fingerprint density at radius 1 is 1.17 bits per heavy atom. The fourth-order valence-corrected chi connectivity index (χ4v) is 5.28. The molecule has 2 aromatic carbocycles. The van der Waals surface area contributed by atoms with Crippen LogP contribution in [0.1, 0.15) is 43.1 Å².